The summed E-state index contributed by atoms with van der Waals surface area (Å²) in [4.78, 5) is 15.8. The minimum absolute atomic E-state index is 0.169. The summed E-state index contributed by atoms with van der Waals surface area (Å²) >= 11 is 0. The summed E-state index contributed by atoms with van der Waals surface area (Å²) in [6, 6.07) is 3.41. The first kappa shape index (κ1) is 10.9. The Balaban J connectivity index is 1.96. The highest BCUT2D eigenvalue weighted by Crippen LogP contribution is 2.47. The largest absolute Gasteiger partial charge is 0.397 e. The molecule has 1 aliphatic rings. The highest BCUT2D eigenvalue weighted by atomic mass is 16.1. The van der Waals surface area contributed by atoms with Crippen molar-refractivity contribution in [1.29, 1.82) is 0 Å². The summed E-state index contributed by atoms with van der Waals surface area (Å²) < 4.78 is 0. The molecule has 16 heavy (non-hydrogen) atoms. The molecule has 0 atom stereocenters. The van der Waals surface area contributed by atoms with Gasteiger partial charge < -0.3 is 11.1 Å². The molecular weight excluding hydrogens is 202 g/mol. The van der Waals surface area contributed by atoms with E-state index < -0.39 is 0 Å². The zero-order chi connectivity index (χ0) is 11.6. The minimum atomic E-state index is -0.169. The summed E-state index contributed by atoms with van der Waals surface area (Å²) in [5.74, 6) is -0.169. The highest BCUT2D eigenvalue weighted by molar-refractivity contribution is 5.97. The van der Waals surface area contributed by atoms with Gasteiger partial charge in [0.15, 0.2) is 5.69 Å². The lowest BCUT2D eigenvalue weighted by molar-refractivity contribution is 0.0940. The van der Waals surface area contributed by atoms with Crippen molar-refractivity contribution in [3.05, 3.63) is 24.0 Å². The molecular formula is C12H17N3O. The summed E-state index contributed by atoms with van der Waals surface area (Å²) in [7, 11) is 0. The number of nitrogens with one attached hydrogen (secondary N) is 1. The molecule has 4 nitrogen and oxygen atoms in total. The molecule has 1 saturated carbocycles. The van der Waals surface area contributed by atoms with Crippen molar-refractivity contribution in [2.45, 2.75) is 26.2 Å². The number of nitrogen functional groups attached to an aromatic ring is 1. The number of amides is 1. The molecule has 0 unspecified atom stereocenters. The van der Waals surface area contributed by atoms with Gasteiger partial charge in [0.2, 0.25) is 0 Å². The molecule has 4 heteroatoms. The number of nitrogens with two attached hydrogens (primary N) is 1. The second-order valence-electron chi connectivity index (χ2n) is 4.48. The molecule has 0 radical (unpaired) electrons. The van der Waals surface area contributed by atoms with Crippen molar-refractivity contribution in [3.63, 3.8) is 0 Å². The van der Waals surface area contributed by atoms with E-state index in [-0.39, 0.29) is 5.91 Å². The summed E-state index contributed by atoms with van der Waals surface area (Å²) in [5.41, 5.74) is 6.79. The first-order valence-electron chi connectivity index (χ1n) is 5.65. The Morgan fingerprint density at radius 3 is 2.94 bits per heavy atom. The quantitative estimate of drug-likeness (QED) is 0.808. The van der Waals surface area contributed by atoms with Crippen LogP contribution in [-0.2, 0) is 0 Å². The van der Waals surface area contributed by atoms with Crippen molar-refractivity contribution in [3.8, 4) is 0 Å². The van der Waals surface area contributed by atoms with Crippen LogP contribution in [0, 0.1) is 5.41 Å². The van der Waals surface area contributed by atoms with Gasteiger partial charge in [0, 0.05) is 12.7 Å². The third-order valence-corrected chi connectivity index (χ3v) is 3.39. The van der Waals surface area contributed by atoms with Crippen LogP contribution in [0.1, 0.15) is 36.7 Å². The number of aromatic nitrogens is 1. The Hall–Kier alpha value is -1.58. The maximum absolute atomic E-state index is 11.8. The van der Waals surface area contributed by atoms with E-state index in [1.807, 2.05) is 0 Å². The zero-order valence-corrected chi connectivity index (χ0v) is 9.49. The van der Waals surface area contributed by atoms with Crippen LogP contribution in [0.15, 0.2) is 18.3 Å². The lowest BCUT2D eigenvalue weighted by Gasteiger charge is -2.13. The third-order valence-electron chi connectivity index (χ3n) is 3.39. The van der Waals surface area contributed by atoms with Crippen LogP contribution in [0.25, 0.3) is 0 Å². The van der Waals surface area contributed by atoms with Crippen molar-refractivity contribution in [1.82, 2.24) is 10.3 Å². The van der Waals surface area contributed by atoms with Crippen LogP contribution in [0.2, 0.25) is 0 Å². The van der Waals surface area contributed by atoms with Crippen LogP contribution in [0.3, 0.4) is 0 Å². The van der Waals surface area contributed by atoms with Crippen LogP contribution in [-0.4, -0.2) is 17.4 Å². The monoisotopic (exact) mass is 219 g/mol. The first-order valence-corrected chi connectivity index (χ1v) is 5.65. The summed E-state index contributed by atoms with van der Waals surface area (Å²) in [6.07, 6.45) is 5.12. The second kappa shape index (κ2) is 4.12. The SMILES string of the molecule is CCC1(CNC(=O)c2ncccc2N)CC1. The van der Waals surface area contributed by atoms with Crippen LogP contribution < -0.4 is 11.1 Å². The van der Waals surface area contributed by atoms with Gasteiger partial charge in [-0.05, 0) is 36.8 Å². The smallest absolute Gasteiger partial charge is 0.272 e. The number of carbonyl (C=O) groups is 1. The van der Waals surface area contributed by atoms with Crippen LogP contribution in [0.4, 0.5) is 5.69 Å². The number of rotatable bonds is 4. The minimum Gasteiger partial charge on any atom is -0.397 e. The number of carbonyl (C=O) groups excluding carboxylic acids is 1. The van der Waals surface area contributed by atoms with Crippen molar-refractivity contribution in [2.24, 2.45) is 5.41 Å². The molecule has 0 aromatic carbocycles. The molecule has 1 amide bonds. The molecule has 0 bridgehead atoms. The van der Waals surface area contributed by atoms with Crippen LogP contribution >= 0.6 is 0 Å². The summed E-state index contributed by atoms with van der Waals surface area (Å²) in [6.45, 7) is 2.90. The van der Waals surface area contributed by atoms with Gasteiger partial charge in [-0.3, -0.25) is 4.79 Å². The number of hydrogen-bond acceptors (Lipinski definition) is 3. The van der Waals surface area contributed by atoms with Crippen molar-refractivity contribution in [2.75, 3.05) is 12.3 Å². The molecule has 1 fully saturated rings. The Morgan fingerprint density at radius 2 is 2.38 bits per heavy atom. The molecule has 0 spiro atoms. The van der Waals surface area contributed by atoms with Gasteiger partial charge in [-0.2, -0.15) is 0 Å². The highest BCUT2D eigenvalue weighted by Gasteiger charge is 2.40. The zero-order valence-electron chi connectivity index (χ0n) is 9.49. The first-order chi connectivity index (χ1) is 7.67. The second-order valence-corrected chi connectivity index (χ2v) is 4.48. The standard InChI is InChI=1S/C12H17N3O/c1-2-12(5-6-12)8-15-11(16)10-9(13)4-3-7-14-10/h3-4,7H,2,5-6,8,13H2,1H3,(H,15,16). The molecule has 2 rings (SSSR count). The molecule has 86 valence electrons. The summed E-state index contributed by atoms with van der Waals surface area (Å²) in [5, 5.41) is 2.91. The van der Waals surface area contributed by atoms with Gasteiger partial charge in [0.05, 0.1) is 5.69 Å². The molecule has 0 saturated heterocycles. The van der Waals surface area contributed by atoms with E-state index in [1.54, 1.807) is 18.3 Å². The molecule has 1 aromatic heterocycles. The van der Waals surface area contributed by atoms with E-state index in [0.717, 1.165) is 13.0 Å². The topological polar surface area (TPSA) is 68.0 Å². The number of hydrogen-bond donors (Lipinski definition) is 2. The molecule has 1 aliphatic carbocycles. The van der Waals surface area contributed by atoms with E-state index in [9.17, 15) is 4.79 Å². The van der Waals surface area contributed by atoms with Crippen molar-refractivity contribution >= 4 is 11.6 Å². The Labute approximate surface area is 95.3 Å². The average Bonchev–Trinajstić information content (AvgIpc) is 3.07. The normalized spacial score (nSPS) is 16.8. The predicted octanol–water partition coefficient (Wildman–Crippen LogP) is 1.58. The predicted molar refractivity (Wildman–Crippen MR) is 62.9 cm³/mol. The number of pyridine rings is 1. The molecule has 1 aromatic rings. The fraction of sp³-hybridized carbons (Fsp3) is 0.500. The Bertz CT molecular complexity index is 399. The third kappa shape index (κ3) is 2.15. The Morgan fingerprint density at radius 1 is 1.62 bits per heavy atom. The van der Waals surface area contributed by atoms with Gasteiger partial charge in [0.1, 0.15) is 0 Å². The van der Waals surface area contributed by atoms with Gasteiger partial charge >= 0.3 is 0 Å². The van der Waals surface area contributed by atoms with E-state index in [4.69, 9.17) is 5.73 Å². The maximum atomic E-state index is 11.8. The van der Waals surface area contributed by atoms with E-state index in [2.05, 4.69) is 17.2 Å². The molecule has 0 aliphatic heterocycles. The van der Waals surface area contributed by atoms with Gasteiger partial charge in [-0.25, -0.2) is 4.98 Å². The number of nitrogens with zero attached hydrogens (tertiary/aromatic N) is 1. The number of anilines is 1. The lowest BCUT2D eigenvalue weighted by Crippen LogP contribution is -2.31. The van der Waals surface area contributed by atoms with Gasteiger partial charge in [0.25, 0.3) is 5.91 Å². The average molecular weight is 219 g/mol. The van der Waals surface area contributed by atoms with E-state index in [0.29, 0.717) is 16.8 Å². The fourth-order valence-corrected chi connectivity index (χ4v) is 1.79. The van der Waals surface area contributed by atoms with E-state index >= 15 is 0 Å². The van der Waals surface area contributed by atoms with Gasteiger partial charge in [-0.1, -0.05) is 6.92 Å². The van der Waals surface area contributed by atoms with E-state index in [1.165, 1.54) is 12.8 Å². The van der Waals surface area contributed by atoms with Gasteiger partial charge in [-0.15, -0.1) is 0 Å². The maximum Gasteiger partial charge on any atom is 0.272 e. The van der Waals surface area contributed by atoms with Crippen molar-refractivity contribution < 1.29 is 4.79 Å². The lowest BCUT2D eigenvalue weighted by atomic mass is 10.0. The Kier molecular flexibility index (Phi) is 2.81. The molecule has 3 N–H and O–H groups in total. The van der Waals surface area contributed by atoms with Crippen LogP contribution in [0.5, 0.6) is 0 Å². The molecule has 1 heterocycles. The fourth-order valence-electron chi connectivity index (χ4n) is 1.79.